The van der Waals surface area contributed by atoms with Gasteiger partial charge in [0.2, 0.25) is 0 Å². The number of hydrogen-bond acceptors (Lipinski definition) is 5. The van der Waals surface area contributed by atoms with E-state index in [1.54, 1.807) is 4.68 Å². The molecule has 0 radical (unpaired) electrons. The highest BCUT2D eigenvalue weighted by atomic mass is 16.5. The van der Waals surface area contributed by atoms with Gasteiger partial charge in [0.05, 0.1) is 17.5 Å². The van der Waals surface area contributed by atoms with Gasteiger partial charge in [-0.2, -0.15) is 0 Å². The Morgan fingerprint density at radius 2 is 2.07 bits per heavy atom. The Hall–Kier alpha value is -2.41. The van der Waals surface area contributed by atoms with Crippen LogP contribution in [0.3, 0.4) is 0 Å². The van der Waals surface area contributed by atoms with Crippen molar-refractivity contribution in [2.24, 2.45) is 5.92 Å². The zero-order valence-corrected chi connectivity index (χ0v) is 16.6. The van der Waals surface area contributed by atoms with Crippen LogP contribution in [-0.2, 0) is 6.42 Å². The van der Waals surface area contributed by atoms with Crippen molar-refractivity contribution in [3.05, 3.63) is 35.7 Å². The van der Waals surface area contributed by atoms with E-state index in [-0.39, 0.29) is 12.0 Å². The third-order valence-corrected chi connectivity index (χ3v) is 4.82. The minimum absolute atomic E-state index is 0.0172. The van der Waals surface area contributed by atoms with Crippen LogP contribution in [0.1, 0.15) is 43.4 Å². The van der Waals surface area contributed by atoms with Crippen molar-refractivity contribution in [2.75, 3.05) is 26.7 Å². The standard InChI is InChI=1S/C20H29N5O2/c1-5-18-19(20(26)24-11-10-15(13-24)12-21-4)22-23-25(18)16-6-8-17(9-7-16)27-14(2)3/h6-9,14-15,21H,5,10-13H2,1-4H3/t15-/m0/s1. The number of nitrogens with one attached hydrogen (secondary N) is 1. The smallest absolute Gasteiger partial charge is 0.276 e. The number of rotatable bonds is 7. The highest BCUT2D eigenvalue weighted by Crippen LogP contribution is 2.22. The highest BCUT2D eigenvalue weighted by molar-refractivity contribution is 5.93. The first-order chi connectivity index (χ1) is 13.0. The number of benzene rings is 1. The van der Waals surface area contributed by atoms with Crippen LogP contribution in [0.5, 0.6) is 5.75 Å². The summed E-state index contributed by atoms with van der Waals surface area (Å²) in [5.41, 5.74) is 2.18. The molecule has 1 saturated heterocycles. The van der Waals surface area contributed by atoms with Crippen LogP contribution >= 0.6 is 0 Å². The first-order valence-corrected chi connectivity index (χ1v) is 9.69. The van der Waals surface area contributed by atoms with Crippen molar-refractivity contribution in [3.8, 4) is 11.4 Å². The first-order valence-electron chi connectivity index (χ1n) is 9.69. The first kappa shape index (κ1) is 19.4. The normalized spacial score (nSPS) is 16.9. The molecule has 7 heteroatoms. The number of hydrogen-bond donors (Lipinski definition) is 1. The fourth-order valence-corrected chi connectivity index (χ4v) is 3.55. The summed E-state index contributed by atoms with van der Waals surface area (Å²) in [6.07, 6.45) is 1.84. The molecule has 1 aliphatic heterocycles. The maximum Gasteiger partial charge on any atom is 0.276 e. The van der Waals surface area contributed by atoms with Crippen LogP contribution in [0.4, 0.5) is 0 Å². The van der Waals surface area contributed by atoms with Crippen LogP contribution in [0, 0.1) is 5.92 Å². The molecule has 1 N–H and O–H groups in total. The van der Waals surface area contributed by atoms with Gasteiger partial charge in [-0.15, -0.1) is 5.10 Å². The Balaban J connectivity index is 1.79. The van der Waals surface area contributed by atoms with E-state index in [4.69, 9.17) is 4.74 Å². The third-order valence-electron chi connectivity index (χ3n) is 4.82. The van der Waals surface area contributed by atoms with Crippen molar-refractivity contribution >= 4 is 5.91 Å². The van der Waals surface area contributed by atoms with Gasteiger partial charge in [-0.3, -0.25) is 4.79 Å². The van der Waals surface area contributed by atoms with Gasteiger partial charge in [0, 0.05) is 13.1 Å². The van der Waals surface area contributed by atoms with Gasteiger partial charge in [-0.1, -0.05) is 12.1 Å². The van der Waals surface area contributed by atoms with E-state index in [1.807, 2.05) is 57.0 Å². The van der Waals surface area contributed by atoms with Gasteiger partial charge < -0.3 is 15.0 Å². The molecule has 0 aliphatic carbocycles. The number of ether oxygens (including phenoxy) is 1. The van der Waals surface area contributed by atoms with E-state index in [2.05, 4.69) is 15.6 Å². The fraction of sp³-hybridized carbons (Fsp3) is 0.550. The lowest BCUT2D eigenvalue weighted by Crippen LogP contribution is -2.31. The van der Waals surface area contributed by atoms with Crippen molar-refractivity contribution in [1.82, 2.24) is 25.2 Å². The number of aromatic nitrogens is 3. The minimum atomic E-state index is -0.0172. The summed E-state index contributed by atoms with van der Waals surface area (Å²) in [5, 5.41) is 11.7. The number of carbonyl (C=O) groups is 1. The van der Waals surface area contributed by atoms with E-state index >= 15 is 0 Å². The molecule has 2 aromatic rings. The SMILES string of the molecule is CCc1c(C(=O)N2CC[C@@H](CNC)C2)nnn1-c1ccc(OC(C)C)cc1. The lowest BCUT2D eigenvalue weighted by molar-refractivity contribution is 0.0780. The molecule has 1 atom stereocenters. The Morgan fingerprint density at radius 3 is 2.70 bits per heavy atom. The van der Waals surface area contributed by atoms with E-state index in [0.29, 0.717) is 18.0 Å². The molecule has 7 nitrogen and oxygen atoms in total. The van der Waals surface area contributed by atoms with Crippen molar-refractivity contribution in [1.29, 1.82) is 0 Å². The predicted octanol–water partition coefficient (Wildman–Crippen LogP) is 2.30. The second-order valence-corrected chi connectivity index (χ2v) is 7.27. The van der Waals surface area contributed by atoms with Crippen LogP contribution in [0.15, 0.2) is 24.3 Å². The molecule has 1 fully saturated rings. The monoisotopic (exact) mass is 371 g/mol. The maximum absolute atomic E-state index is 13.0. The van der Waals surface area contributed by atoms with Gasteiger partial charge in [0.15, 0.2) is 5.69 Å². The average Bonchev–Trinajstić information content (AvgIpc) is 3.28. The third kappa shape index (κ3) is 4.30. The summed E-state index contributed by atoms with van der Waals surface area (Å²) in [7, 11) is 1.95. The molecule has 1 aliphatic rings. The van der Waals surface area contributed by atoms with Crippen LogP contribution < -0.4 is 10.1 Å². The number of nitrogens with zero attached hydrogens (tertiary/aromatic N) is 4. The van der Waals surface area contributed by atoms with Crippen molar-refractivity contribution < 1.29 is 9.53 Å². The van der Waals surface area contributed by atoms with Crippen molar-refractivity contribution in [3.63, 3.8) is 0 Å². The Labute approximate surface area is 160 Å². The van der Waals surface area contributed by atoms with Crippen LogP contribution in [-0.4, -0.2) is 58.6 Å². The largest absolute Gasteiger partial charge is 0.491 e. The Kier molecular flexibility index (Phi) is 6.11. The van der Waals surface area contributed by atoms with Crippen molar-refractivity contribution in [2.45, 2.75) is 39.7 Å². The molecule has 1 amide bonds. The minimum Gasteiger partial charge on any atom is -0.491 e. The van der Waals surface area contributed by atoms with E-state index in [1.165, 1.54) is 0 Å². The lowest BCUT2D eigenvalue weighted by atomic mass is 10.1. The summed E-state index contributed by atoms with van der Waals surface area (Å²) in [6.45, 7) is 8.51. The van der Waals surface area contributed by atoms with Crippen LogP contribution in [0.2, 0.25) is 0 Å². The van der Waals surface area contributed by atoms with Crippen LogP contribution in [0.25, 0.3) is 5.69 Å². The second kappa shape index (κ2) is 8.52. The molecule has 1 aromatic carbocycles. The Bertz CT molecular complexity index is 769. The van der Waals surface area contributed by atoms with Gasteiger partial charge in [0.1, 0.15) is 5.75 Å². The summed E-state index contributed by atoms with van der Waals surface area (Å²) < 4.78 is 7.45. The molecule has 0 saturated carbocycles. The molecule has 27 heavy (non-hydrogen) atoms. The summed E-state index contributed by atoms with van der Waals surface area (Å²) in [4.78, 5) is 14.9. The van der Waals surface area contributed by atoms with E-state index in [0.717, 1.165) is 43.2 Å². The number of carbonyl (C=O) groups excluding carboxylic acids is 1. The zero-order valence-electron chi connectivity index (χ0n) is 16.6. The number of amides is 1. The Morgan fingerprint density at radius 1 is 1.33 bits per heavy atom. The molecule has 146 valence electrons. The molecule has 3 rings (SSSR count). The molecular formula is C20H29N5O2. The molecule has 0 bridgehead atoms. The number of likely N-dealkylation sites (tertiary alicyclic amines) is 1. The quantitative estimate of drug-likeness (QED) is 0.809. The summed E-state index contributed by atoms with van der Waals surface area (Å²) in [5.74, 6) is 1.31. The van der Waals surface area contributed by atoms with Gasteiger partial charge in [0.25, 0.3) is 5.91 Å². The highest BCUT2D eigenvalue weighted by Gasteiger charge is 2.30. The fourth-order valence-electron chi connectivity index (χ4n) is 3.55. The summed E-state index contributed by atoms with van der Waals surface area (Å²) in [6, 6.07) is 7.72. The topological polar surface area (TPSA) is 72.3 Å². The predicted molar refractivity (Wildman–Crippen MR) is 104 cm³/mol. The molecule has 0 spiro atoms. The average molecular weight is 371 g/mol. The second-order valence-electron chi connectivity index (χ2n) is 7.27. The molecule has 2 heterocycles. The van der Waals surface area contributed by atoms with Gasteiger partial charge in [-0.05, 0) is 70.5 Å². The van der Waals surface area contributed by atoms with E-state index < -0.39 is 0 Å². The maximum atomic E-state index is 13.0. The molecule has 1 aromatic heterocycles. The van der Waals surface area contributed by atoms with Gasteiger partial charge >= 0.3 is 0 Å². The summed E-state index contributed by atoms with van der Waals surface area (Å²) >= 11 is 0. The molecule has 0 unspecified atom stereocenters. The lowest BCUT2D eigenvalue weighted by Gasteiger charge is -2.16. The zero-order chi connectivity index (χ0) is 19.4. The van der Waals surface area contributed by atoms with E-state index in [9.17, 15) is 4.79 Å². The molecular weight excluding hydrogens is 342 g/mol. The van der Waals surface area contributed by atoms with Gasteiger partial charge in [-0.25, -0.2) is 4.68 Å².